The first-order valence-electron chi connectivity index (χ1n) is 10.4. The molecule has 0 unspecified atom stereocenters. The summed E-state index contributed by atoms with van der Waals surface area (Å²) in [5, 5.41) is 7.30. The molecule has 5 rings (SSSR count). The van der Waals surface area contributed by atoms with E-state index in [2.05, 4.69) is 30.3 Å². The average Bonchev–Trinajstić information content (AvgIpc) is 3.29. The molecular formula is C23H23N7O. The van der Waals surface area contributed by atoms with Crippen LogP contribution in [0.4, 0.5) is 11.6 Å². The summed E-state index contributed by atoms with van der Waals surface area (Å²) in [6.45, 7) is 3.49. The number of carbonyl (C=O) groups is 1. The smallest absolute Gasteiger partial charge is 0.254 e. The highest BCUT2D eigenvalue weighted by Gasteiger charge is 2.27. The first-order chi connectivity index (χ1) is 15.2. The van der Waals surface area contributed by atoms with Crippen LogP contribution in [0.5, 0.6) is 0 Å². The van der Waals surface area contributed by atoms with Crippen LogP contribution in [-0.2, 0) is 4.79 Å². The van der Waals surface area contributed by atoms with Gasteiger partial charge in [-0.2, -0.15) is 14.6 Å². The molecule has 1 fully saturated rings. The van der Waals surface area contributed by atoms with Gasteiger partial charge in [0.25, 0.3) is 5.78 Å². The predicted molar refractivity (Wildman–Crippen MR) is 119 cm³/mol. The number of fused-ring (bicyclic) bond motifs is 1. The monoisotopic (exact) mass is 413 g/mol. The Morgan fingerprint density at radius 3 is 2.61 bits per heavy atom. The van der Waals surface area contributed by atoms with Gasteiger partial charge < -0.3 is 10.2 Å². The molecule has 0 spiro atoms. The second-order valence-electron chi connectivity index (χ2n) is 7.81. The summed E-state index contributed by atoms with van der Waals surface area (Å²) in [5.41, 5.74) is 2.97. The first kappa shape index (κ1) is 19.2. The molecule has 31 heavy (non-hydrogen) atoms. The highest BCUT2D eigenvalue weighted by Crippen LogP contribution is 2.28. The van der Waals surface area contributed by atoms with Crippen LogP contribution >= 0.6 is 0 Å². The molecular weight excluding hydrogens is 390 g/mol. The summed E-state index contributed by atoms with van der Waals surface area (Å²) in [6.07, 6.45) is 4.80. The van der Waals surface area contributed by atoms with Crippen LogP contribution in [0.2, 0.25) is 0 Å². The van der Waals surface area contributed by atoms with Crippen molar-refractivity contribution in [2.75, 3.05) is 23.3 Å². The van der Waals surface area contributed by atoms with E-state index in [-0.39, 0.29) is 11.8 Å². The molecule has 4 aromatic rings. The van der Waals surface area contributed by atoms with E-state index in [1.54, 1.807) is 10.7 Å². The maximum Gasteiger partial charge on any atom is 0.254 e. The lowest BCUT2D eigenvalue weighted by molar-refractivity contribution is -0.120. The number of aromatic nitrogens is 5. The van der Waals surface area contributed by atoms with E-state index in [4.69, 9.17) is 0 Å². The van der Waals surface area contributed by atoms with Crippen LogP contribution in [0.3, 0.4) is 0 Å². The molecule has 0 atom stereocenters. The van der Waals surface area contributed by atoms with E-state index in [1.807, 2.05) is 55.5 Å². The Morgan fingerprint density at radius 1 is 1.06 bits per heavy atom. The van der Waals surface area contributed by atoms with Crippen LogP contribution in [0.25, 0.3) is 17.0 Å². The third-order valence-electron chi connectivity index (χ3n) is 5.65. The highest BCUT2D eigenvalue weighted by atomic mass is 16.1. The number of hydrogen-bond donors (Lipinski definition) is 1. The number of pyridine rings is 1. The van der Waals surface area contributed by atoms with Crippen LogP contribution in [0, 0.1) is 12.8 Å². The SMILES string of the molecule is Cc1ccc(NC(=O)C2CCN(c3cc(-c4ccccc4)nc4ncnn34)CC2)nc1. The van der Waals surface area contributed by atoms with Crippen molar-refractivity contribution in [3.8, 4) is 11.3 Å². The van der Waals surface area contributed by atoms with Crippen molar-refractivity contribution in [3.05, 3.63) is 66.6 Å². The number of carbonyl (C=O) groups excluding carboxylic acids is 1. The maximum absolute atomic E-state index is 12.7. The second kappa shape index (κ2) is 8.14. The maximum atomic E-state index is 12.7. The Labute approximate surface area is 180 Å². The molecule has 8 nitrogen and oxygen atoms in total. The summed E-state index contributed by atoms with van der Waals surface area (Å²) >= 11 is 0. The van der Waals surface area contributed by atoms with Gasteiger partial charge in [0, 0.05) is 36.8 Å². The van der Waals surface area contributed by atoms with E-state index in [0.717, 1.165) is 48.6 Å². The number of amides is 1. The van der Waals surface area contributed by atoms with Crippen molar-refractivity contribution in [2.24, 2.45) is 5.92 Å². The van der Waals surface area contributed by atoms with Crippen molar-refractivity contribution in [2.45, 2.75) is 19.8 Å². The van der Waals surface area contributed by atoms with E-state index < -0.39 is 0 Å². The van der Waals surface area contributed by atoms with Crippen molar-refractivity contribution in [1.82, 2.24) is 24.6 Å². The summed E-state index contributed by atoms with van der Waals surface area (Å²) in [5.74, 6) is 2.11. The Balaban J connectivity index is 1.33. The number of anilines is 2. The molecule has 4 heterocycles. The fourth-order valence-electron chi connectivity index (χ4n) is 3.92. The molecule has 0 radical (unpaired) electrons. The molecule has 1 aromatic carbocycles. The topological polar surface area (TPSA) is 88.3 Å². The van der Waals surface area contributed by atoms with Gasteiger partial charge >= 0.3 is 0 Å². The molecule has 0 bridgehead atoms. The van der Waals surface area contributed by atoms with E-state index in [9.17, 15) is 4.79 Å². The molecule has 1 aliphatic heterocycles. The summed E-state index contributed by atoms with van der Waals surface area (Å²) < 4.78 is 1.77. The zero-order valence-electron chi connectivity index (χ0n) is 17.3. The summed E-state index contributed by atoms with van der Waals surface area (Å²) in [6, 6.07) is 15.9. The second-order valence-corrected chi connectivity index (χ2v) is 7.81. The number of aryl methyl sites for hydroxylation is 1. The molecule has 8 heteroatoms. The zero-order valence-corrected chi connectivity index (χ0v) is 17.3. The van der Waals surface area contributed by atoms with Gasteiger partial charge in [-0.1, -0.05) is 36.4 Å². The van der Waals surface area contributed by atoms with Gasteiger partial charge in [-0.3, -0.25) is 4.79 Å². The van der Waals surface area contributed by atoms with Gasteiger partial charge in [-0.25, -0.2) is 9.97 Å². The number of rotatable bonds is 4. The third kappa shape index (κ3) is 3.96. The van der Waals surface area contributed by atoms with Crippen LogP contribution in [0.15, 0.2) is 61.1 Å². The standard InChI is InChI=1S/C23H23N7O/c1-16-7-8-20(24-14-16)28-22(31)18-9-11-29(12-10-18)21-13-19(17-5-3-2-4-6-17)27-23-25-15-26-30(21)23/h2-8,13-15,18H,9-12H2,1H3,(H,24,28,31). The normalized spacial score (nSPS) is 14.7. The quantitative estimate of drug-likeness (QED) is 0.552. The van der Waals surface area contributed by atoms with Crippen LogP contribution in [-0.4, -0.2) is 43.6 Å². The lowest BCUT2D eigenvalue weighted by Crippen LogP contribution is -2.39. The van der Waals surface area contributed by atoms with E-state index in [0.29, 0.717) is 11.6 Å². The first-order valence-corrected chi connectivity index (χ1v) is 10.4. The fraction of sp³-hybridized carbons (Fsp3) is 0.261. The van der Waals surface area contributed by atoms with Gasteiger partial charge in [0.05, 0.1) is 5.69 Å². The molecule has 1 saturated heterocycles. The Kier molecular flexibility index (Phi) is 5.03. The van der Waals surface area contributed by atoms with Gasteiger partial charge in [-0.05, 0) is 31.4 Å². The number of piperidine rings is 1. The van der Waals surface area contributed by atoms with Crippen LogP contribution < -0.4 is 10.2 Å². The van der Waals surface area contributed by atoms with Gasteiger partial charge in [0.1, 0.15) is 18.0 Å². The fourth-order valence-corrected chi connectivity index (χ4v) is 3.92. The minimum Gasteiger partial charge on any atom is -0.356 e. The molecule has 156 valence electrons. The van der Waals surface area contributed by atoms with Crippen molar-refractivity contribution >= 4 is 23.3 Å². The zero-order chi connectivity index (χ0) is 21.2. The number of nitrogens with zero attached hydrogens (tertiary/aromatic N) is 6. The van der Waals surface area contributed by atoms with Gasteiger partial charge in [-0.15, -0.1) is 0 Å². The minimum absolute atomic E-state index is 0.0293. The molecule has 0 aliphatic carbocycles. The predicted octanol–water partition coefficient (Wildman–Crippen LogP) is 3.35. The molecule has 1 amide bonds. The number of hydrogen-bond acceptors (Lipinski definition) is 6. The lowest BCUT2D eigenvalue weighted by atomic mass is 9.96. The Bertz CT molecular complexity index is 1200. The highest BCUT2D eigenvalue weighted by molar-refractivity contribution is 5.91. The lowest BCUT2D eigenvalue weighted by Gasteiger charge is -2.32. The van der Waals surface area contributed by atoms with Crippen molar-refractivity contribution < 1.29 is 4.79 Å². The van der Waals surface area contributed by atoms with Crippen LogP contribution in [0.1, 0.15) is 18.4 Å². The summed E-state index contributed by atoms with van der Waals surface area (Å²) in [7, 11) is 0. The largest absolute Gasteiger partial charge is 0.356 e. The van der Waals surface area contributed by atoms with Gasteiger partial charge in [0.15, 0.2) is 0 Å². The Hall–Kier alpha value is -3.81. The van der Waals surface area contributed by atoms with Crippen molar-refractivity contribution in [3.63, 3.8) is 0 Å². The molecule has 0 saturated carbocycles. The van der Waals surface area contributed by atoms with E-state index in [1.165, 1.54) is 6.33 Å². The average molecular weight is 413 g/mol. The number of benzene rings is 1. The van der Waals surface area contributed by atoms with E-state index >= 15 is 0 Å². The number of nitrogens with one attached hydrogen (secondary N) is 1. The summed E-state index contributed by atoms with van der Waals surface area (Å²) in [4.78, 5) is 28.2. The Morgan fingerprint density at radius 2 is 1.87 bits per heavy atom. The third-order valence-corrected chi connectivity index (χ3v) is 5.65. The molecule has 1 N–H and O–H groups in total. The van der Waals surface area contributed by atoms with Gasteiger partial charge in [0.2, 0.25) is 5.91 Å². The molecule has 1 aliphatic rings. The van der Waals surface area contributed by atoms with Crippen molar-refractivity contribution in [1.29, 1.82) is 0 Å². The minimum atomic E-state index is -0.0407. The molecule has 3 aromatic heterocycles.